The number of hydrogen-bond acceptors (Lipinski definition) is 3. The summed E-state index contributed by atoms with van der Waals surface area (Å²) in [5.74, 6) is -0.0476. The Balaban J connectivity index is 3.34. The third kappa shape index (κ3) is 8.01. The van der Waals surface area contributed by atoms with Gasteiger partial charge in [0.1, 0.15) is 0 Å². The van der Waals surface area contributed by atoms with E-state index < -0.39 is 6.10 Å². The van der Waals surface area contributed by atoms with E-state index in [1.165, 1.54) is 0 Å². The zero-order valence-corrected chi connectivity index (χ0v) is 8.83. The predicted octanol–water partition coefficient (Wildman–Crippen LogP) is 0.426. The lowest BCUT2D eigenvalue weighted by Gasteiger charge is -2.10. The van der Waals surface area contributed by atoms with Crippen LogP contribution < -0.4 is 5.32 Å². The van der Waals surface area contributed by atoms with Gasteiger partial charge in [-0.2, -0.15) is 0 Å². The first-order chi connectivity index (χ1) is 6.70. The van der Waals surface area contributed by atoms with Crippen LogP contribution in [-0.4, -0.2) is 35.4 Å². The van der Waals surface area contributed by atoms with Crippen molar-refractivity contribution in [1.29, 1.82) is 0 Å². The van der Waals surface area contributed by atoms with E-state index in [0.29, 0.717) is 25.8 Å². The Labute approximate surface area is 85.3 Å². The van der Waals surface area contributed by atoms with E-state index in [2.05, 4.69) is 5.32 Å². The summed E-state index contributed by atoms with van der Waals surface area (Å²) < 4.78 is 0. The number of carbonyl (C=O) groups excluding carboxylic acids is 1. The number of nitrogens with one attached hydrogen (secondary N) is 1. The molecule has 0 rings (SSSR count). The Kier molecular flexibility index (Phi) is 8.57. The third-order valence-electron chi connectivity index (χ3n) is 1.97. The van der Waals surface area contributed by atoms with Gasteiger partial charge in [0.25, 0.3) is 0 Å². The van der Waals surface area contributed by atoms with E-state index in [1.54, 1.807) is 0 Å². The SMILES string of the molecule is CCCC(O)CNC(=O)CCCCO. The summed E-state index contributed by atoms with van der Waals surface area (Å²) >= 11 is 0. The van der Waals surface area contributed by atoms with Gasteiger partial charge in [0, 0.05) is 19.6 Å². The molecule has 14 heavy (non-hydrogen) atoms. The van der Waals surface area contributed by atoms with Crippen LogP contribution in [0.4, 0.5) is 0 Å². The summed E-state index contributed by atoms with van der Waals surface area (Å²) in [5, 5.41) is 20.5. The van der Waals surface area contributed by atoms with Gasteiger partial charge in [-0.25, -0.2) is 0 Å². The standard InChI is InChI=1S/C10H21NO3/c1-2-5-9(13)8-11-10(14)6-3-4-7-12/h9,12-13H,2-8H2,1H3,(H,11,14). The Hall–Kier alpha value is -0.610. The summed E-state index contributed by atoms with van der Waals surface area (Å²) in [5.41, 5.74) is 0. The van der Waals surface area contributed by atoms with Crippen molar-refractivity contribution in [3.8, 4) is 0 Å². The maximum atomic E-state index is 11.1. The average molecular weight is 203 g/mol. The fraction of sp³-hybridized carbons (Fsp3) is 0.900. The lowest BCUT2D eigenvalue weighted by molar-refractivity contribution is -0.121. The molecule has 0 aromatic rings. The molecule has 0 aliphatic heterocycles. The van der Waals surface area contributed by atoms with Gasteiger partial charge in [0.15, 0.2) is 0 Å². The summed E-state index contributed by atoms with van der Waals surface area (Å²) in [6, 6.07) is 0. The van der Waals surface area contributed by atoms with Gasteiger partial charge in [0.05, 0.1) is 6.10 Å². The first-order valence-electron chi connectivity index (χ1n) is 5.26. The summed E-state index contributed by atoms with van der Waals surface area (Å²) in [6.45, 7) is 2.46. The van der Waals surface area contributed by atoms with Crippen molar-refractivity contribution in [3.63, 3.8) is 0 Å². The normalized spacial score (nSPS) is 12.5. The van der Waals surface area contributed by atoms with Gasteiger partial charge in [0.2, 0.25) is 5.91 Å². The molecule has 0 saturated carbocycles. The molecule has 0 spiro atoms. The van der Waals surface area contributed by atoms with Crippen molar-refractivity contribution in [3.05, 3.63) is 0 Å². The van der Waals surface area contributed by atoms with E-state index >= 15 is 0 Å². The number of rotatable bonds is 8. The highest BCUT2D eigenvalue weighted by Crippen LogP contribution is 1.96. The maximum Gasteiger partial charge on any atom is 0.220 e. The third-order valence-corrected chi connectivity index (χ3v) is 1.97. The largest absolute Gasteiger partial charge is 0.396 e. The van der Waals surface area contributed by atoms with E-state index in [-0.39, 0.29) is 12.5 Å². The minimum Gasteiger partial charge on any atom is -0.396 e. The number of carbonyl (C=O) groups is 1. The van der Waals surface area contributed by atoms with E-state index in [0.717, 1.165) is 12.8 Å². The van der Waals surface area contributed by atoms with Crippen molar-refractivity contribution in [2.45, 2.75) is 45.1 Å². The Morgan fingerprint density at radius 1 is 1.43 bits per heavy atom. The van der Waals surface area contributed by atoms with E-state index in [9.17, 15) is 9.90 Å². The molecule has 0 bridgehead atoms. The fourth-order valence-corrected chi connectivity index (χ4v) is 1.15. The highest BCUT2D eigenvalue weighted by Gasteiger charge is 2.05. The molecule has 0 aliphatic rings. The number of aliphatic hydroxyl groups is 2. The molecule has 84 valence electrons. The first-order valence-corrected chi connectivity index (χ1v) is 5.26. The van der Waals surface area contributed by atoms with Gasteiger partial charge in [-0.15, -0.1) is 0 Å². The van der Waals surface area contributed by atoms with Crippen LogP contribution in [0.3, 0.4) is 0 Å². The Bertz CT molecular complexity index is 150. The summed E-state index contributed by atoms with van der Waals surface area (Å²) in [6.07, 6.45) is 3.00. The molecule has 4 nitrogen and oxygen atoms in total. The highest BCUT2D eigenvalue weighted by atomic mass is 16.3. The molecule has 1 unspecified atom stereocenters. The van der Waals surface area contributed by atoms with Crippen LogP contribution in [0.1, 0.15) is 39.0 Å². The predicted molar refractivity (Wildman–Crippen MR) is 54.9 cm³/mol. The minimum absolute atomic E-state index is 0.0476. The highest BCUT2D eigenvalue weighted by molar-refractivity contribution is 5.75. The van der Waals surface area contributed by atoms with Crippen LogP contribution >= 0.6 is 0 Å². The molecular formula is C10H21NO3. The van der Waals surface area contributed by atoms with Crippen LogP contribution in [0.15, 0.2) is 0 Å². The second-order valence-electron chi connectivity index (χ2n) is 3.43. The maximum absolute atomic E-state index is 11.1. The summed E-state index contributed by atoms with van der Waals surface area (Å²) in [7, 11) is 0. The Morgan fingerprint density at radius 2 is 2.14 bits per heavy atom. The second kappa shape index (κ2) is 8.97. The molecule has 4 heteroatoms. The Morgan fingerprint density at radius 3 is 2.71 bits per heavy atom. The van der Waals surface area contributed by atoms with Crippen LogP contribution in [0, 0.1) is 0 Å². The molecule has 0 radical (unpaired) electrons. The van der Waals surface area contributed by atoms with Gasteiger partial charge < -0.3 is 15.5 Å². The molecule has 0 fully saturated rings. The smallest absolute Gasteiger partial charge is 0.220 e. The van der Waals surface area contributed by atoms with Crippen LogP contribution in [-0.2, 0) is 4.79 Å². The molecule has 3 N–H and O–H groups in total. The van der Waals surface area contributed by atoms with Crippen molar-refractivity contribution in [2.75, 3.05) is 13.2 Å². The number of amides is 1. The zero-order chi connectivity index (χ0) is 10.8. The number of hydrogen-bond donors (Lipinski definition) is 3. The lowest BCUT2D eigenvalue weighted by Crippen LogP contribution is -2.31. The molecule has 0 saturated heterocycles. The summed E-state index contributed by atoms with van der Waals surface area (Å²) in [4.78, 5) is 11.1. The molecule has 0 aliphatic carbocycles. The van der Waals surface area contributed by atoms with Crippen LogP contribution in [0.2, 0.25) is 0 Å². The van der Waals surface area contributed by atoms with Gasteiger partial charge in [-0.3, -0.25) is 4.79 Å². The van der Waals surface area contributed by atoms with Crippen molar-refractivity contribution < 1.29 is 15.0 Å². The second-order valence-corrected chi connectivity index (χ2v) is 3.43. The van der Waals surface area contributed by atoms with Crippen molar-refractivity contribution >= 4 is 5.91 Å². The average Bonchev–Trinajstić information content (AvgIpc) is 2.16. The first kappa shape index (κ1) is 13.4. The van der Waals surface area contributed by atoms with E-state index in [1.807, 2.05) is 6.92 Å². The van der Waals surface area contributed by atoms with Crippen LogP contribution in [0.25, 0.3) is 0 Å². The van der Waals surface area contributed by atoms with Crippen LogP contribution in [0.5, 0.6) is 0 Å². The molecule has 0 aromatic heterocycles. The molecule has 1 amide bonds. The molecule has 1 atom stereocenters. The minimum atomic E-state index is -0.429. The molecule has 0 aromatic carbocycles. The molecular weight excluding hydrogens is 182 g/mol. The quantitative estimate of drug-likeness (QED) is 0.501. The fourth-order valence-electron chi connectivity index (χ4n) is 1.15. The van der Waals surface area contributed by atoms with Gasteiger partial charge >= 0.3 is 0 Å². The lowest BCUT2D eigenvalue weighted by atomic mass is 10.2. The molecule has 0 heterocycles. The topological polar surface area (TPSA) is 69.6 Å². The van der Waals surface area contributed by atoms with Crippen molar-refractivity contribution in [2.24, 2.45) is 0 Å². The van der Waals surface area contributed by atoms with Gasteiger partial charge in [-0.05, 0) is 19.3 Å². The van der Waals surface area contributed by atoms with E-state index in [4.69, 9.17) is 5.11 Å². The van der Waals surface area contributed by atoms with Gasteiger partial charge in [-0.1, -0.05) is 13.3 Å². The monoisotopic (exact) mass is 203 g/mol. The zero-order valence-electron chi connectivity index (χ0n) is 8.83. The van der Waals surface area contributed by atoms with Crippen molar-refractivity contribution in [1.82, 2.24) is 5.32 Å². The number of aliphatic hydroxyl groups excluding tert-OH is 2. The number of unbranched alkanes of at least 4 members (excludes halogenated alkanes) is 1.